The SMILES string of the molecule is N#CC1(OC(=O)C(F)(F)F)CC(N)C1. The molecule has 78 valence electrons. The Morgan fingerprint density at radius 1 is 1.57 bits per heavy atom. The smallest absolute Gasteiger partial charge is 0.437 e. The molecular formula is C7H7F3N2O2. The van der Waals surface area contributed by atoms with Crippen molar-refractivity contribution in [3.05, 3.63) is 0 Å². The Hall–Kier alpha value is -1.29. The van der Waals surface area contributed by atoms with Crippen molar-refractivity contribution in [1.29, 1.82) is 5.26 Å². The van der Waals surface area contributed by atoms with Gasteiger partial charge in [0.25, 0.3) is 0 Å². The molecular weight excluding hydrogens is 201 g/mol. The van der Waals surface area contributed by atoms with Crippen LogP contribution >= 0.6 is 0 Å². The number of carbonyl (C=O) groups excluding carboxylic acids is 1. The van der Waals surface area contributed by atoms with Gasteiger partial charge in [-0.25, -0.2) is 4.79 Å². The minimum Gasteiger partial charge on any atom is -0.437 e. The van der Waals surface area contributed by atoms with Gasteiger partial charge in [0.1, 0.15) is 6.07 Å². The summed E-state index contributed by atoms with van der Waals surface area (Å²) in [4.78, 5) is 10.4. The second kappa shape index (κ2) is 3.13. The zero-order valence-corrected chi connectivity index (χ0v) is 6.97. The van der Waals surface area contributed by atoms with Crippen LogP contribution < -0.4 is 5.73 Å². The van der Waals surface area contributed by atoms with Gasteiger partial charge >= 0.3 is 12.1 Å². The van der Waals surface area contributed by atoms with E-state index in [1.165, 1.54) is 6.07 Å². The van der Waals surface area contributed by atoms with Crippen LogP contribution in [0.1, 0.15) is 12.8 Å². The Balaban J connectivity index is 2.61. The first-order chi connectivity index (χ1) is 6.29. The molecule has 1 fully saturated rings. The number of halogens is 3. The van der Waals surface area contributed by atoms with E-state index in [0.717, 1.165) is 0 Å². The second-order valence-electron chi connectivity index (χ2n) is 3.16. The van der Waals surface area contributed by atoms with E-state index < -0.39 is 17.7 Å². The Labute approximate surface area is 77.4 Å². The molecule has 1 aliphatic carbocycles. The zero-order chi connectivity index (χ0) is 11.0. The molecule has 7 heteroatoms. The maximum absolute atomic E-state index is 11.8. The summed E-state index contributed by atoms with van der Waals surface area (Å²) in [6.45, 7) is 0. The fourth-order valence-corrected chi connectivity index (χ4v) is 1.22. The number of nitrogens with two attached hydrogens (primary N) is 1. The molecule has 0 aromatic heterocycles. The van der Waals surface area contributed by atoms with E-state index in [9.17, 15) is 18.0 Å². The molecule has 0 amide bonds. The predicted octanol–water partition coefficient (Wildman–Crippen LogP) is 0.475. The highest BCUT2D eigenvalue weighted by molar-refractivity contribution is 5.76. The molecule has 1 aliphatic rings. The number of esters is 1. The van der Waals surface area contributed by atoms with Gasteiger partial charge in [0.2, 0.25) is 5.60 Å². The number of hydrogen-bond acceptors (Lipinski definition) is 4. The normalized spacial score (nSPS) is 31.5. The summed E-state index contributed by atoms with van der Waals surface area (Å²) >= 11 is 0. The van der Waals surface area contributed by atoms with E-state index in [2.05, 4.69) is 4.74 Å². The fourth-order valence-electron chi connectivity index (χ4n) is 1.22. The van der Waals surface area contributed by atoms with Crippen LogP contribution in [0.3, 0.4) is 0 Å². The van der Waals surface area contributed by atoms with Gasteiger partial charge in [-0.15, -0.1) is 0 Å². The molecule has 0 aromatic rings. The molecule has 14 heavy (non-hydrogen) atoms. The minimum atomic E-state index is -5.07. The number of ether oxygens (including phenoxy) is 1. The lowest BCUT2D eigenvalue weighted by molar-refractivity contribution is -0.215. The largest absolute Gasteiger partial charge is 0.490 e. The van der Waals surface area contributed by atoms with Crippen LogP contribution in [-0.2, 0) is 9.53 Å². The Morgan fingerprint density at radius 3 is 2.36 bits per heavy atom. The highest BCUT2D eigenvalue weighted by Crippen LogP contribution is 2.36. The molecule has 0 aromatic carbocycles. The molecule has 0 aliphatic heterocycles. The van der Waals surface area contributed by atoms with Gasteiger partial charge in [-0.1, -0.05) is 0 Å². The van der Waals surface area contributed by atoms with Crippen molar-refractivity contribution in [3.63, 3.8) is 0 Å². The quantitative estimate of drug-likeness (QED) is 0.635. The fraction of sp³-hybridized carbons (Fsp3) is 0.714. The molecule has 0 atom stereocenters. The van der Waals surface area contributed by atoms with Crippen LogP contribution in [0.15, 0.2) is 0 Å². The molecule has 1 saturated carbocycles. The third kappa shape index (κ3) is 1.96. The average Bonchev–Trinajstić information content (AvgIpc) is 1.99. The first-order valence-electron chi connectivity index (χ1n) is 3.76. The molecule has 0 unspecified atom stereocenters. The standard InChI is InChI=1S/C7H7F3N2O2/c8-7(9,10)5(13)14-6(3-11)1-4(12)2-6/h4H,1-2,12H2. The molecule has 2 N–H and O–H groups in total. The summed E-state index contributed by atoms with van der Waals surface area (Å²) in [6.07, 6.45) is -5.17. The van der Waals surface area contributed by atoms with Gasteiger partial charge < -0.3 is 10.5 Å². The van der Waals surface area contributed by atoms with Gasteiger partial charge in [0.15, 0.2) is 0 Å². The van der Waals surface area contributed by atoms with E-state index in [4.69, 9.17) is 11.0 Å². The van der Waals surface area contributed by atoms with Crippen molar-refractivity contribution in [2.75, 3.05) is 0 Å². The van der Waals surface area contributed by atoms with Crippen LogP contribution in [0, 0.1) is 11.3 Å². The predicted molar refractivity (Wildman–Crippen MR) is 37.7 cm³/mol. The second-order valence-corrected chi connectivity index (χ2v) is 3.16. The summed E-state index contributed by atoms with van der Waals surface area (Å²) in [6, 6.07) is 1.15. The summed E-state index contributed by atoms with van der Waals surface area (Å²) in [7, 11) is 0. The monoisotopic (exact) mass is 208 g/mol. The lowest BCUT2D eigenvalue weighted by atomic mass is 9.77. The van der Waals surface area contributed by atoms with Gasteiger partial charge in [0, 0.05) is 18.9 Å². The van der Waals surface area contributed by atoms with Gasteiger partial charge in [0.05, 0.1) is 0 Å². The van der Waals surface area contributed by atoms with Crippen LogP contribution in [0.5, 0.6) is 0 Å². The number of rotatable bonds is 1. The molecule has 0 spiro atoms. The number of carbonyl (C=O) groups is 1. The maximum Gasteiger partial charge on any atom is 0.490 e. The molecule has 4 nitrogen and oxygen atoms in total. The van der Waals surface area contributed by atoms with E-state index in [1.807, 2.05) is 0 Å². The van der Waals surface area contributed by atoms with Crippen LogP contribution in [0.4, 0.5) is 13.2 Å². The van der Waals surface area contributed by atoms with Crippen molar-refractivity contribution in [1.82, 2.24) is 0 Å². The maximum atomic E-state index is 11.8. The number of hydrogen-bond donors (Lipinski definition) is 1. The number of alkyl halides is 3. The number of nitriles is 1. The first-order valence-corrected chi connectivity index (χ1v) is 3.76. The van der Waals surface area contributed by atoms with Crippen molar-refractivity contribution in [2.45, 2.75) is 30.7 Å². The topological polar surface area (TPSA) is 76.1 Å². The van der Waals surface area contributed by atoms with Crippen LogP contribution in [-0.4, -0.2) is 23.8 Å². The summed E-state index contributed by atoms with van der Waals surface area (Å²) in [5, 5.41) is 8.52. The first kappa shape index (κ1) is 10.8. The van der Waals surface area contributed by atoms with Crippen molar-refractivity contribution in [3.8, 4) is 6.07 Å². The van der Waals surface area contributed by atoms with Gasteiger partial charge in [-0.2, -0.15) is 18.4 Å². The third-order valence-corrected chi connectivity index (χ3v) is 1.91. The Morgan fingerprint density at radius 2 is 2.07 bits per heavy atom. The Bertz CT molecular complexity index is 288. The molecule has 1 rings (SSSR count). The van der Waals surface area contributed by atoms with Gasteiger partial charge in [-0.05, 0) is 0 Å². The molecule has 0 radical (unpaired) electrons. The van der Waals surface area contributed by atoms with Crippen molar-refractivity contribution in [2.24, 2.45) is 5.73 Å². The van der Waals surface area contributed by atoms with Crippen LogP contribution in [0.2, 0.25) is 0 Å². The Kier molecular flexibility index (Phi) is 2.41. The van der Waals surface area contributed by atoms with Crippen molar-refractivity contribution >= 4 is 5.97 Å². The molecule has 0 bridgehead atoms. The van der Waals surface area contributed by atoms with E-state index >= 15 is 0 Å². The highest BCUT2D eigenvalue weighted by Gasteiger charge is 2.52. The summed E-state index contributed by atoms with van der Waals surface area (Å²) in [5.74, 6) is -2.34. The summed E-state index contributed by atoms with van der Waals surface area (Å²) < 4.78 is 39.3. The zero-order valence-electron chi connectivity index (χ0n) is 6.97. The average molecular weight is 208 g/mol. The lowest BCUT2D eigenvalue weighted by Gasteiger charge is -2.39. The van der Waals surface area contributed by atoms with E-state index in [-0.39, 0.29) is 18.9 Å². The highest BCUT2D eigenvalue weighted by atomic mass is 19.4. The third-order valence-electron chi connectivity index (χ3n) is 1.91. The van der Waals surface area contributed by atoms with E-state index in [0.29, 0.717) is 0 Å². The molecule has 0 saturated heterocycles. The molecule has 0 heterocycles. The summed E-state index contributed by atoms with van der Waals surface area (Å²) in [5.41, 5.74) is 3.62. The van der Waals surface area contributed by atoms with E-state index in [1.54, 1.807) is 0 Å². The number of nitrogens with zero attached hydrogens (tertiary/aromatic N) is 1. The van der Waals surface area contributed by atoms with Crippen LogP contribution in [0.25, 0.3) is 0 Å². The van der Waals surface area contributed by atoms with Gasteiger partial charge in [-0.3, -0.25) is 0 Å². The van der Waals surface area contributed by atoms with Crippen molar-refractivity contribution < 1.29 is 22.7 Å². The minimum absolute atomic E-state index is 0.0503. The lowest BCUT2D eigenvalue weighted by Crippen LogP contribution is -2.54.